The summed E-state index contributed by atoms with van der Waals surface area (Å²) in [4.78, 5) is 29.0. The summed E-state index contributed by atoms with van der Waals surface area (Å²) >= 11 is 0. The molecule has 0 aliphatic heterocycles. The van der Waals surface area contributed by atoms with E-state index in [-0.39, 0.29) is 24.3 Å². The second-order valence-corrected chi connectivity index (χ2v) is 6.33. The Balaban J connectivity index is 1.45. The standard InChI is InChI=1S/C19H18N8O2/c1-11-15(12(2)27-18(23-11)25-17(20)26-27)10-16(28)24-13-4-6-14(7-5-13)29-19-21-8-3-9-22-19/h3-9H,10H2,1-2H3,(H2,20,26)(H,24,28). The number of ether oxygens (including phenoxy) is 1. The SMILES string of the molecule is Cc1nc2nc(N)nn2c(C)c1CC(=O)Nc1ccc(Oc2ncccn2)cc1. The fourth-order valence-corrected chi connectivity index (χ4v) is 2.90. The highest BCUT2D eigenvalue weighted by molar-refractivity contribution is 5.92. The third-order valence-corrected chi connectivity index (χ3v) is 4.29. The van der Waals surface area contributed by atoms with Gasteiger partial charge in [0.05, 0.1) is 6.42 Å². The molecule has 3 heterocycles. The van der Waals surface area contributed by atoms with Gasteiger partial charge in [-0.25, -0.2) is 15.0 Å². The molecule has 0 saturated carbocycles. The van der Waals surface area contributed by atoms with Crippen LogP contribution in [0.2, 0.25) is 0 Å². The van der Waals surface area contributed by atoms with Crippen molar-refractivity contribution in [2.24, 2.45) is 0 Å². The number of nitrogen functional groups attached to an aromatic ring is 1. The number of anilines is 2. The molecule has 10 heteroatoms. The number of aromatic nitrogens is 6. The predicted molar refractivity (Wildman–Crippen MR) is 106 cm³/mol. The van der Waals surface area contributed by atoms with Gasteiger partial charge in [-0.15, -0.1) is 5.10 Å². The first-order valence-corrected chi connectivity index (χ1v) is 8.83. The van der Waals surface area contributed by atoms with Crippen LogP contribution in [0.3, 0.4) is 0 Å². The predicted octanol–water partition coefficient (Wildman–Crippen LogP) is 2.09. The van der Waals surface area contributed by atoms with Gasteiger partial charge in [-0.05, 0) is 44.2 Å². The molecule has 1 aromatic carbocycles. The van der Waals surface area contributed by atoms with Crippen LogP contribution in [0.4, 0.5) is 11.6 Å². The topological polar surface area (TPSA) is 133 Å². The van der Waals surface area contributed by atoms with E-state index in [9.17, 15) is 4.79 Å². The number of hydrogen-bond acceptors (Lipinski definition) is 8. The average Bonchev–Trinajstić information content (AvgIpc) is 3.08. The minimum atomic E-state index is -0.175. The highest BCUT2D eigenvalue weighted by atomic mass is 16.5. The van der Waals surface area contributed by atoms with Gasteiger partial charge in [0, 0.05) is 35.0 Å². The number of fused-ring (bicyclic) bond motifs is 1. The minimum absolute atomic E-state index is 0.143. The number of nitrogens with two attached hydrogens (primary N) is 1. The van der Waals surface area contributed by atoms with Crippen molar-refractivity contribution in [2.45, 2.75) is 20.3 Å². The maximum atomic E-state index is 12.5. The van der Waals surface area contributed by atoms with E-state index >= 15 is 0 Å². The number of carbonyl (C=O) groups excluding carboxylic acids is 1. The molecule has 3 aromatic heterocycles. The van der Waals surface area contributed by atoms with Crippen molar-refractivity contribution in [3.8, 4) is 11.8 Å². The van der Waals surface area contributed by atoms with Crippen LogP contribution in [0.1, 0.15) is 17.0 Å². The summed E-state index contributed by atoms with van der Waals surface area (Å²) in [6, 6.07) is 8.92. The second-order valence-electron chi connectivity index (χ2n) is 6.33. The third-order valence-electron chi connectivity index (χ3n) is 4.29. The summed E-state index contributed by atoms with van der Waals surface area (Å²) in [5.74, 6) is 0.953. The number of rotatable bonds is 5. The maximum Gasteiger partial charge on any atom is 0.321 e. The van der Waals surface area contributed by atoms with E-state index in [1.807, 2.05) is 13.8 Å². The van der Waals surface area contributed by atoms with Crippen LogP contribution in [0.15, 0.2) is 42.7 Å². The van der Waals surface area contributed by atoms with Crippen LogP contribution in [-0.4, -0.2) is 35.5 Å². The van der Waals surface area contributed by atoms with Crippen molar-refractivity contribution in [3.63, 3.8) is 0 Å². The molecule has 0 fully saturated rings. The molecule has 4 rings (SSSR count). The number of nitrogens with one attached hydrogen (secondary N) is 1. The van der Waals surface area contributed by atoms with Crippen molar-refractivity contribution in [1.82, 2.24) is 29.5 Å². The second kappa shape index (κ2) is 7.50. The highest BCUT2D eigenvalue weighted by Crippen LogP contribution is 2.20. The largest absolute Gasteiger partial charge is 0.424 e. The number of benzene rings is 1. The Morgan fingerprint density at radius 2 is 1.86 bits per heavy atom. The van der Waals surface area contributed by atoms with Gasteiger partial charge in [0.25, 0.3) is 5.78 Å². The zero-order valence-corrected chi connectivity index (χ0v) is 15.8. The van der Waals surface area contributed by atoms with Crippen molar-refractivity contribution in [3.05, 3.63) is 59.7 Å². The Labute approximate surface area is 165 Å². The first kappa shape index (κ1) is 18.3. The zero-order valence-electron chi connectivity index (χ0n) is 15.8. The van der Waals surface area contributed by atoms with Crippen molar-refractivity contribution < 1.29 is 9.53 Å². The van der Waals surface area contributed by atoms with Gasteiger partial charge in [-0.3, -0.25) is 4.79 Å². The summed E-state index contributed by atoms with van der Waals surface area (Å²) in [5, 5.41) is 6.98. The number of amides is 1. The molecule has 0 aliphatic rings. The lowest BCUT2D eigenvalue weighted by Gasteiger charge is -2.11. The minimum Gasteiger partial charge on any atom is -0.424 e. The van der Waals surface area contributed by atoms with Gasteiger partial charge in [-0.2, -0.15) is 9.50 Å². The molecular weight excluding hydrogens is 372 g/mol. The normalized spacial score (nSPS) is 10.8. The molecule has 0 aliphatic carbocycles. The van der Waals surface area contributed by atoms with Crippen molar-refractivity contribution in [1.29, 1.82) is 0 Å². The van der Waals surface area contributed by atoms with E-state index < -0.39 is 0 Å². The van der Waals surface area contributed by atoms with Crippen LogP contribution in [0.5, 0.6) is 11.8 Å². The lowest BCUT2D eigenvalue weighted by Crippen LogP contribution is -2.17. The van der Waals surface area contributed by atoms with Crippen molar-refractivity contribution >= 4 is 23.3 Å². The molecule has 0 bridgehead atoms. The van der Waals surface area contributed by atoms with Gasteiger partial charge in [0.2, 0.25) is 11.9 Å². The molecule has 10 nitrogen and oxygen atoms in total. The summed E-state index contributed by atoms with van der Waals surface area (Å²) < 4.78 is 7.08. The Bertz CT molecular complexity index is 1170. The summed E-state index contributed by atoms with van der Waals surface area (Å²) in [5.41, 5.74) is 8.55. The van der Waals surface area contributed by atoms with E-state index in [0.29, 0.717) is 22.9 Å². The Hall–Kier alpha value is -4.08. The molecule has 4 aromatic rings. The average molecular weight is 390 g/mol. The van der Waals surface area contributed by atoms with E-state index in [1.54, 1.807) is 47.2 Å². The fraction of sp³-hybridized carbons (Fsp3) is 0.158. The molecule has 146 valence electrons. The van der Waals surface area contributed by atoms with Crippen LogP contribution in [-0.2, 0) is 11.2 Å². The fourth-order valence-electron chi connectivity index (χ4n) is 2.90. The highest BCUT2D eigenvalue weighted by Gasteiger charge is 2.15. The quantitative estimate of drug-likeness (QED) is 0.529. The summed E-state index contributed by atoms with van der Waals surface area (Å²) in [6.07, 6.45) is 3.35. The molecule has 29 heavy (non-hydrogen) atoms. The monoisotopic (exact) mass is 390 g/mol. The molecular formula is C19H18N8O2. The lowest BCUT2D eigenvalue weighted by molar-refractivity contribution is -0.115. The molecule has 1 amide bonds. The number of nitrogens with zero attached hydrogens (tertiary/aromatic N) is 6. The van der Waals surface area contributed by atoms with E-state index in [1.165, 1.54) is 0 Å². The van der Waals surface area contributed by atoms with Gasteiger partial charge < -0.3 is 15.8 Å². The smallest absolute Gasteiger partial charge is 0.321 e. The van der Waals surface area contributed by atoms with Crippen LogP contribution >= 0.6 is 0 Å². The van der Waals surface area contributed by atoms with Crippen LogP contribution in [0.25, 0.3) is 5.78 Å². The number of hydrogen-bond donors (Lipinski definition) is 2. The molecule has 3 N–H and O–H groups in total. The van der Waals surface area contributed by atoms with Crippen molar-refractivity contribution in [2.75, 3.05) is 11.1 Å². The third kappa shape index (κ3) is 3.95. The van der Waals surface area contributed by atoms with Crippen LogP contribution < -0.4 is 15.8 Å². The lowest BCUT2D eigenvalue weighted by atomic mass is 10.1. The van der Waals surface area contributed by atoms with Gasteiger partial charge in [0.1, 0.15) is 5.75 Å². The summed E-state index contributed by atoms with van der Waals surface area (Å²) in [6.45, 7) is 3.69. The summed E-state index contributed by atoms with van der Waals surface area (Å²) in [7, 11) is 0. The zero-order chi connectivity index (χ0) is 20.4. The van der Waals surface area contributed by atoms with Gasteiger partial charge in [-0.1, -0.05) is 0 Å². The van der Waals surface area contributed by atoms with E-state index in [2.05, 4.69) is 30.4 Å². The molecule has 0 saturated heterocycles. The Morgan fingerprint density at radius 1 is 1.14 bits per heavy atom. The number of carbonyl (C=O) groups is 1. The first-order valence-electron chi connectivity index (χ1n) is 8.83. The van der Waals surface area contributed by atoms with Gasteiger partial charge >= 0.3 is 6.01 Å². The van der Waals surface area contributed by atoms with E-state index in [0.717, 1.165) is 11.3 Å². The number of aryl methyl sites for hydroxylation is 2. The molecule has 0 atom stereocenters. The molecule has 0 spiro atoms. The maximum absolute atomic E-state index is 12.5. The van der Waals surface area contributed by atoms with Crippen LogP contribution in [0, 0.1) is 13.8 Å². The molecule has 0 unspecified atom stereocenters. The first-order chi connectivity index (χ1) is 14.0. The van der Waals surface area contributed by atoms with Gasteiger partial charge in [0.15, 0.2) is 0 Å². The van der Waals surface area contributed by atoms with E-state index in [4.69, 9.17) is 10.5 Å². The molecule has 0 radical (unpaired) electrons. The Kier molecular flexibility index (Phi) is 4.73. The Morgan fingerprint density at radius 3 is 2.59 bits per heavy atom.